The van der Waals surface area contributed by atoms with Gasteiger partial charge in [0.15, 0.2) is 0 Å². The van der Waals surface area contributed by atoms with Crippen molar-refractivity contribution in [3.8, 4) is 11.5 Å². The molecular formula is C12H17N5S. The van der Waals surface area contributed by atoms with Gasteiger partial charge < -0.3 is 5.73 Å². The largest absolute Gasteiger partial charge is 0.325 e. The van der Waals surface area contributed by atoms with E-state index in [1.54, 1.807) is 11.3 Å². The van der Waals surface area contributed by atoms with Crippen LogP contribution in [0, 0.1) is 0 Å². The molecule has 0 amide bonds. The Balaban J connectivity index is 1.79. The van der Waals surface area contributed by atoms with Crippen molar-refractivity contribution in [3.05, 3.63) is 16.2 Å². The average molecular weight is 263 g/mol. The summed E-state index contributed by atoms with van der Waals surface area (Å²) in [6.45, 7) is 0.477. The summed E-state index contributed by atoms with van der Waals surface area (Å²) in [7, 11) is 0. The van der Waals surface area contributed by atoms with Crippen LogP contribution in [0.2, 0.25) is 0 Å². The van der Waals surface area contributed by atoms with Crippen molar-refractivity contribution in [1.82, 2.24) is 20.2 Å². The number of hydrogen-bond donors (Lipinski definition) is 2. The molecular weight excluding hydrogens is 246 g/mol. The molecule has 5 nitrogen and oxygen atoms in total. The van der Waals surface area contributed by atoms with E-state index in [1.807, 2.05) is 5.38 Å². The molecule has 1 aliphatic rings. The Morgan fingerprint density at radius 2 is 2.11 bits per heavy atom. The first-order valence-electron chi connectivity index (χ1n) is 6.44. The maximum absolute atomic E-state index is 5.56. The van der Waals surface area contributed by atoms with Crippen LogP contribution in [0.15, 0.2) is 5.38 Å². The zero-order valence-corrected chi connectivity index (χ0v) is 11.0. The minimum Gasteiger partial charge on any atom is -0.325 e. The molecule has 3 N–H and O–H groups in total. The van der Waals surface area contributed by atoms with E-state index >= 15 is 0 Å². The highest BCUT2D eigenvalue weighted by molar-refractivity contribution is 7.09. The highest BCUT2D eigenvalue weighted by Gasteiger charge is 2.20. The summed E-state index contributed by atoms with van der Waals surface area (Å²) < 4.78 is 0. The zero-order valence-electron chi connectivity index (χ0n) is 10.2. The summed E-state index contributed by atoms with van der Waals surface area (Å²) >= 11 is 1.56. The monoisotopic (exact) mass is 263 g/mol. The number of hydrogen-bond acceptors (Lipinski definition) is 5. The predicted octanol–water partition coefficient (Wildman–Crippen LogP) is 2.43. The van der Waals surface area contributed by atoms with Gasteiger partial charge in [0.1, 0.15) is 16.5 Å². The third kappa shape index (κ3) is 2.30. The molecule has 0 radical (unpaired) electrons. The van der Waals surface area contributed by atoms with E-state index < -0.39 is 0 Å². The van der Waals surface area contributed by atoms with Gasteiger partial charge in [0.05, 0.1) is 0 Å². The van der Waals surface area contributed by atoms with E-state index in [0.29, 0.717) is 18.3 Å². The average Bonchev–Trinajstić information content (AvgIpc) is 3.08. The lowest BCUT2D eigenvalue weighted by atomic mass is 9.89. The molecule has 0 bridgehead atoms. The van der Waals surface area contributed by atoms with Gasteiger partial charge in [-0.05, 0) is 12.8 Å². The van der Waals surface area contributed by atoms with Crippen molar-refractivity contribution in [3.63, 3.8) is 0 Å². The van der Waals surface area contributed by atoms with E-state index in [2.05, 4.69) is 20.2 Å². The van der Waals surface area contributed by atoms with Crippen LogP contribution in [-0.2, 0) is 6.54 Å². The number of aromatic amines is 1. The van der Waals surface area contributed by atoms with Gasteiger partial charge in [-0.2, -0.15) is 5.10 Å². The van der Waals surface area contributed by atoms with Crippen molar-refractivity contribution in [2.45, 2.75) is 44.6 Å². The lowest BCUT2D eigenvalue weighted by Crippen LogP contribution is -2.06. The Labute approximate surface area is 110 Å². The SMILES string of the molecule is NCc1nc(-c2n[nH]c(C3CCCCC3)n2)cs1. The van der Waals surface area contributed by atoms with Crippen LogP contribution >= 0.6 is 11.3 Å². The van der Waals surface area contributed by atoms with Crippen LogP contribution in [-0.4, -0.2) is 20.2 Å². The molecule has 3 rings (SSSR count). The van der Waals surface area contributed by atoms with Crippen LogP contribution in [0.3, 0.4) is 0 Å². The molecule has 0 unspecified atom stereocenters. The third-order valence-corrected chi connectivity index (χ3v) is 4.32. The first-order chi connectivity index (χ1) is 8.86. The summed E-state index contributed by atoms with van der Waals surface area (Å²) in [5, 5.41) is 10.2. The van der Waals surface area contributed by atoms with Gasteiger partial charge in [-0.1, -0.05) is 19.3 Å². The quantitative estimate of drug-likeness (QED) is 0.891. The van der Waals surface area contributed by atoms with Crippen LogP contribution in [0.1, 0.15) is 48.9 Å². The summed E-state index contributed by atoms with van der Waals surface area (Å²) in [5.74, 6) is 2.27. The molecule has 0 aromatic carbocycles. The molecule has 0 spiro atoms. The van der Waals surface area contributed by atoms with E-state index in [1.165, 1.54) is 32.1 Å². The molecule has 1 aliphatic carbocycles. The molecule has 2 aromatic rings. The van der Waals surface area contributed by atoms with Gasteiger partial charge in [-0.15, -0.1) is 11.3 Å². The molecule has 0 saturated heterocycles. The minimum atomic E-state index is 0.477. The summed E-state index contributed by atoms with van der Waals surface area (Å²) in [4.78, 5) is 8.99. The van der Waals surface area contributed by atoms with Crippen molar-refractivity contribution >= 4 is 11.3 Å². The van der Waals surface area contributed by atoms with Gasteiger partial charge in [0, 0.05) is 17.8 Å². The number of H-pyrrole nitrogens is 1. The molecule has 2 heterocycles. The second-order valence-electron chi connectivity index (χ2n) is 4.71. The van der Waals surface area contributed by atoms with Crippen LogP contribution in [0.5, 0.6) is 0 Å². The van der Waals surface area contributed by atoms with E-state index in [0.717, 1.165) is 16.5 Å². The first-order valence-corrected chi connectivity index (χ1v) is 7.32. The highest BCUT2D eigenvalue weighted by atomic mass is 32.1. The van der Waals surface area contributed by atoms with Crippen molar-refractivity contribution in [1.29, 1.82) is 0 Å². The summed E-state index contributed by atoms with van der Waals surface area (Å²) in [5.41, 5.74) is 6.39. The topological polar surface area (TPSA) is 80.5 Å². The van der Waals surface area contributed by atoms with Gasteiger partial charge in [-0.3, -0.25) is 5.10 Å². The fraction of sp³-hybridized carbons (Fsp3) is 0.583. The molecule has 0 aliphatic heterocycles. The molecule has 2 aromatic heterocycles. The van der Waals surface area contributed by atoms with Gasteiger partial charge >= 0.3 is 0 Å². The molecule has 96 valence electrons. The second kappa shape index (κ2) is 5.16. The predicted molar refractivity (Wildman–Crippen MR) is 71.2 cm³/mol. The summed E-state index contributed by atoms with van der Waals surface area (Å²) in [6, 6.07) is 0. The lowest BCUT2D eigenvalue weighted by Gasteiger charge is -2.18. The standard InChI is InChI=1S/C12H17N5S/c13-6-10-14-9(7-18-10)12-15-11(16-17-12)8-4-2-1-3-5-8/h7-8H,1-6,13H2,(H,15,16,17). The maximum atomic E-state index is 5.56. The van der Waals surface area contributed by atoms with E-state index in [4.69, 9.17) is 5.73 Å². The number of nitrogens with one attached hydrogen (secondary N) is 1. The highest BCUT2D eigenvalue weighted by Crippen LogP contribution is 2.31. The maximum Gasteiger partial charge on any atom is 0.200 e. The summed E-state index contributed by atoms with van der Waals surface area (Å²) in [6.07, 6.45) is 6.40. The number of nitrogens with two attached hydrogens (primary N) is 1. The van der Waals surface area contributed by atoms with Crippen LogP contribution < -0.4 is 5.73 Å². The Bertz CT molecular complexity index is 512. The van der Waals surface area contributed by atoms with E-state index in [-0.39, 0.29) is 0 Å². The molecule has 1 saturated carbocycles. The minimum absolute atomic E-state index is 0.477. The third-order valence-electron chi connectivity index (χ3n) is 3.45. The normalized spacial score (nSPS) is 17.2. The second-order valence-corrected chi connectivity index (χ2v) is 5.65. The molecule has 0 atom stereocenters. The van der Waals surface area contributed by atoms with Crippen molar-refractivity contribution in [2.75, 3.05) is 0 Å². The molecule has 1 fully saturated rings. The van der Waals surface area contributed by atoms with Crippen LogP contribution in [0.4, 0.5) is 0 Å². The van der Waals surface area contributed by atoms with Gasteiger partial charge in [-0.25, -0.2) is 9.97 Å². The zero-order chi connectivity index (χ0) is 12.4. The van der Waals surface area contributed by atoms with E-state index in [9.17, 15) is 0 Å². The smallest absolute Gasteiger partial charge is 0.200 e. The fourth-order valence-electron chi connectivity index (χ4n) is 2.45. The fourth-order valence-corrected chi connectivity index (χ4v) is 3.11. The number of thiazole rings is 1. The van der Waals surface area contributed by atoms with Crippen LogP contribution in [0.25, 0.3) is 11.5 Å². The molecule has 6 heteroatoms. The Morgan fingerprint density at radius 3 is 2.83 bits per heavy atom. The Hall–Kier alpha value is -1.27. The number of aromatic nitrogens is 4. The Morgan fingerprint density at radius 1 is 1.28 bits per heavy atom. The van der Waals surface area contributed by atoms with Crippen molar-refractivity contribution < 1.29 is 0 Å². The number of rotatable bonds is 3. The number of nitrogens with zero attached hydrogens (tertiary/aromatic N) is 3. The van der Waals surface area contributed by atoms with Gasteiger partial charge in [0.2, 0.25) is 5.82 Å². The lowest BCUT2D eigenvalue weighted by molar-refractivity contribution is 0.429. The molecule has 18 heavy (non-hydrogen) atoms. The first kappa shape index (κ1) is 11.8. The Kier molecular flexibility index (Phi) is 3.38. The van der Waals surface area contributed by atoms with Crippen molar-refractivity contribution in [2.24, 2.45) is 5.73 Å². The van der Waals surface area contributed by atoms with Gasteiger partial charge in [0.25, 0.3) is 0 Å².